The van der Waals surface area contributed by atoms with Crippen LogP contribution in [-0.2, 0) is 6.54 Å². The van der Waals surface area contributed by atoms with Crippen LogP contribution in [0.25, 0.3) is 0 Å². The second kappa shape index (κ2) is 7.59. The number of hydrogen-bond donors (Lipinski definition) is 1. The largest absolute Gasteiger partial charge is 0.311 e. The first-order chi connectivity index (χ1) is 9.49. The third-order valence-electron chi connectivity index (χ3n) is 3.74. The molecular weight excluding hydrogens is 279 g/mol. The smallest absolute Gasteiger partial charge is 0.305 e. The molecule has 0 radical (unpaired) electrons. The van der Waals surface area contributed by atoms with Crippen molar-refractivity contribution in [2.24, 2.45) is 0 Å². The van der Waals surface area contributed by atoms with Gasteiger partial charge in [-0.15, -0.1) is 0 Å². The van der Waals surface area contributed by atoms with Gasteiger partial charge in [-0.1, -0.05) is 26.0 Å². The van der Waals surface area contributed by atoms with E-state index in [9.17, 15) is 14.5 Å². The number of halogens is 1. The van der Waals surface area contributed by atoms with Crippen LogP contribution in [0, 0.1) is 15.9 Å². The summed E-state index contributed by atoms with van der Waals surface area (Å²) < 4.78 is 14.0. The maximum atomic E-state index is 13.9. The van der Waals surface area contributed by atoms with Crippen LogP contribution in [-0.4, -0.2) is 22.5 Å². The predicted octanol–water partition coefficient (Wildman–Crippen LogP) is 3.75. The van der Waals surface area contributed by atoms with Gasteiger partial charge in [0.2, 0.25) is 5.82 Å². The molecule has 0 bridgehead atoms. The molecule has 0 saturated carbocycles. The second-order valence-electron chi connectivity index (χ2n) is 4.71. The van der Waals surface area contributed by atoms with Crippen molar-refractivity contribution in [2.75, 3.05) is 12.8 Å². The summed E-state index contributed by atoms with van der Waals surface area (Å²) in [4.78, 5) is 10.00. The van der Waals surface area contributed by atoms with Crippen LogP contribution < -0.4 is 5.32 Å². The highest BCUT2D eigenvalue weighted by Crippen LogP contribution is 2.29. The normalized spacial score (nSPS) is 11.6. The van der Waals surface area contributed by atoms with Gasteiger partial charge in [-0.3, -0.25) is 10.1 Å². The van der Waals surface area contributed by atoms with Gasteiger partial charge in [0.05, 0.1) is 4.92 Å². The van der Waals surface area contributed by atoms with E-state index in [2.05, 4.69) is 25.4 Å². The zero-order valence-corrected chi connectivity index (χ0v) is 12.9. The van der Waals surface area contributed by atoms with Crippen molar-refractivity contribution in [2.45, 2.75) is 38.0 Å². The number of rotatable bonds is 8. The van der Waals surface area contributed by atoms with Crippen LogP contribution in [0.15, 0.2) is 18.2 Å². The number of thioether (sulfide) groups is 1. The van der Waals surface area contributed by atoms with E-state index in [0.29, 0.717) is 12.1 Å². The van der Waals surface area contributed by atoms with Crippen molar-refractivity contribution >= 4 is 17.4 Å². The molecule has 0 aliphatic rings. The van der Waals surface area contributed by atoms with Gasteiger partial charge < -0.3 is 5.32 Å². The van der Waals surface area contributed by atoms with Gasteiger partial charge >= 0.3 is 5.69 Å². The van der Waals surface area contributed by atoms with Gasteiger partial charge in [0, 0.05) is 29.5 Å². The lowest BCUT2D eigenvalue weighted by atomic mass is 10.0. The van der Waals surface area contributed by atoms with E-state index in [1.807, 2.05) is 0 Å². The monoisotopic (exact) mass is 300 g/mol. The van der Waals surface area contributed by atoms with Gasteiger partial charge in [0.25, 0.3) is 0 Å². The Hall–Kier alpha value is -1.14. The Balaban J connectivity index is 2.71. The van der Waals surface area contributed by atoms with Crippen LogP contribution in [0.3, 0.4) is 0 Å². The van der Waals surface area contributed by atoms with Crippen molar-refractivity contribution in [1.82, 2.24) is 5.32 Å². The van der Waals surface area contributed by atoms with Crippen LogP contribution in [0.4, 0.5) is 10.1 Å². The van der Waals surface area contributed by atoms with E-state index in [1.165, 1.54) is 12.1 Å². The lowest BCUT2D eigenvalue weighted by Crippen LogP contribution is -2.36. The van der Waals surface area contributed by atoms with E-state index in [1.54, 1.807) is 17.8 Å². The summed E-state index contributed by atoms with van der Waals surface area (Å²) in [7, 11) is 0. The molecule has 0 atom stereocenters. The molecule has 1 aromatic rings. The Morgan fingerprint density at radius 1 is 1.40 bits per heavy atom. The summed E-state index contributed by atoms with van der Waals surface area (Å²) in [6.07, 6.45) is 4.12. The Morgan fingerprint density at radius 2 is 2.05 bits per heavy atom. The number of nitro groups is 1. The van der Waals surface area contributed by atoms with E-state index >= 15 is 0 Å². The number of benzene rings is 1. The highest BCUT2D eigenvalue weighted by atomic mass is 32.2. The molecule has 6 heteroatoms. The summed E-state index contributed by atoms with van der Waals surface area (Å²) in [6, 6.07) is 4.27. The van der Waals surface area contributed by atoms with Gasteiger partial charge in [0.15, 0.2) is 0 Å². The molecule has 0 amide bonds. The Morgan fingerprint density at radius 3 is 2.55 bits per heavy atom. The number of nitrogens with one attached hydrogen (secondary N) is 1. The van der Waals surface area contributed by atoms with Crippen molar-refractivity contribution in [3.05, 3.63) is 39.7 Å². The van der Waals surface area contributed by atoms with E-state index in [-0.39, 0.29) is 4.75 Å². The van der Waals surface area contributed by atoms with Crippen molar-refractivity contribution < 1.29 is 9.31 Å². The van der Waals surface area contributed by atoms with Gasteiger partial charge in [0.1, 0.15) is 0 Å². The average molecular weight is 300 g/mol. The molecule has 4 nitrogen and oxygen atoms in total. The first-order valence-corrected chi connectivity index (χ1v) is 7.89. The molecule has 0 aromatic heterocycles. The number of nitro benzene ring substituents is 1. The third-order valence-corrected chi connectivity index (χ3v) is 5.33. The van der Waals surface area contributed by atoms with Crippen molar-refractivity contribution in [1.29, 1.82) is 0 Å². The quantitative estimate of drug-likeness (QED) is 0.587. The summed E-state index contributed by atoms with van der Waals surface area (Å²) in [6.45, 7) is 5.32. The van der Waals surface area contributed by atoms with Gasteiger partial charge in [-0.2, -0.15) is 16.2 Å². The fourth-order valence-corrected chi connectivity index (χ4v) is 2.95. The Bertz CT molecular complexity index is 456. The van der Waals surface area contributed by atoms with Crippen LogP contribution >= 0.6 is 11.8 Å². The van der Waals surface area contributed by atoms with Crippen LogP contribution in [0.2, 0.25) is 0 Å². The number of nitrogens with zero attached hydrogens (tertiary/aromatic N) is 1. The number of hydrogen-bond acceptors (Lipinski definition) is 4. The van der Waals surface area contributed by atoms with Crippen molar-refractivity contribution in [3.8, 4) is 0 Å². The molecule has 0 saturated heterocycles. The van der Waals surface area contributed by atoms with Crippen LogP contribution in [0.5, 0.6) is 0 Å². The molecule has 0 fully saturated rings. The minimum atomic E-state index is -0.743. The predicted molar refractivity (Wildman–Crippen MR) is 81.6 cm³/mol. The second-order valence-corrected chi connectivity index (χ2v) is 5.98. The Labute approximate surface area is 123 Å². The fourth-order valence-electron chi connectivity index (χ4n) is 2.13. The fraction of sp³-hybridized carbons (Fsp3) is 0.571. The first kappa shape index (κ1) is 16.9. The average Bonchev–Trinajstić information content (AvgIpc) is 2.45. The summed E-state index contributed by atoms with van der Waals surface area (Å²) in [5, 5.41) is 13.9. The molecule has 0 aliphatic carbocycles. The molecule has 1 rings (SSSR count). The highest BCUT2D eigenvalue weighted by Gasteiger charge is 2.24. The zero-order chi connectivity index (χ0) is 15.2. The van der Waals surface area contributed by atoms with E-state index < -0.39 is 16.4 Å². The zero-order valence-electron chi connectivity index (χ0n) is 12.1. The van der Waals surface area contributed by atoms with E-state index in [0.717, 1.165) is 19.4 Å². The molecule has 0 aliphatic heterocycles. The lowest BCUT2D eigenvalue weighted by molar-refractivity contribution is -0.387. The molecule has 1 aromatic carbocycles. The van der Waals surface area contributed by atoms with E-state index in [4.69, 9.17) is 0 Å². The standard InChI is InChI=1S/C14H21FN2O2S/c1-4-14(5-2,20-3)10-16-9-11-7-6-8-12(13(11)15)17(18)19/h6-8,16H,4-5,9-10H2,1-3H3. The van der Waals surface area contributed by atoms with Gasteiger partial charge in [-0.05, 0) is 19.1 Å². The summed E-state index contributed by atoms with van der Waals surface area (Å²) in [5.41, 5.74) is -0.132. The Kier molecular flexibility index (Phi) is 6.42. The summed E-state index contributed by atoms with van der Waals surface area (Å²) in [5.74, 6) is -0.743. The van der Waals surface area contributed by atoms with Crippen LogP contribution in [0.1, 0.15) is 32.3 Å². The van der Waals surface area contributed by atoms with Crippen molar-refractivity contribution in [3.63, 3.8) is 0 Å². The molecular formula is C14H21FN2O2S. The molecule has 0 unspecified atom stereocenters. The highest BCUT2D eigenvalue weighted by molar-refractivity contribution is 8.00. The summed E-state index contributed by atoms with van der Waals surface area (Å²) >= 11 is 1.80. The molecule has 0 heterocycles. The molecule has 112 valence electrons. The first-order valence-electron chi connectivity index (χ1n) is 6.67. The molecule has 1 N–H and O–H groups in total. The topological polar surface area (TPSA) is 55.2 Å². The third kappa shape index (κ3) is 3.93. The van der Waals surface area contributed by atoms with Gasteiger partial charge in [-0.25, -0.2) is 0 Å². The lowest BCUT2D eigenvalue weighted by Gasteiger charge is -2.30. The minimum absolute atomic E-state index is 0.136. The SMILES string of the molecule is CCC(CC)(CNCc1cccc([N+](=O)[O-])c1F)SC. The molecule has 0 spiro atoms. The minimum Gasteiger partial charge on any atom is -0.311 e. The molecule has 20 heavy (non-hydrogen) atoms. The maximum Gasteiger partial charge on any atom is 0.305 e. The maximum absolute atomic E-state index is 13.9.